The third-order valence-electron chi connectivity index (χ3n) is 4.69. The molecule has 1 aliphatic heterocycles. The van der Waals surface area contributed by atoms with E-state index in [-0.39, 0.29) is 0 Å². The largest absolute Gasteiger partial charge is 0.328 e. The van der Waals surface area contributed by atoms with Crippen LogP contribution in [0.2, 0.25) is 0 Å². The van der Waals surface area contributed by atoms with E-state index in [2.05, 4.69) is 63.3 Å². The van der Waals surface area contributed by atoms with Gasteiger partial charge in [-0.3, -0.25) is 9.88 Å². The summed E-state index contributed by atoms with van der Waals surface area (Å²) in [6.07, 6.45) is 4.00. The minimum absolute atomic E-state index is 0.464. The van der Waals surface area contributed by atoms with Gasteiger partial charge in [0.05, 0.1) is 23.8 Å². The van der Waals surface area contributed by atoms with Crippen LogP contribution in [0.25, 0.3) is 0 Å². The van der Waals surface area contributed by atoms with Crippen LogP contribution in [-0.4, -0.2) is 50.5 Å². The van der Waals surface area contributed by atoms with E-state index in [1.807, 2.05) is 12.5 Å². The first kappa shape index (κ1) is 16.1. The van der Waals surface area contributed by atoms with Crippen molar-refractivity contribution >= 4 is 0 Å². The highest BCUT2D eigenvalue weighted by molar-refractivity contribution is 5.11. The molecule has 2 aromatic rings. The number of pyridine rings is 1. The molecule has 0 N–H and O–H groups in total. The second kappa shape index (κ2) is 7.23. The third-order valence-corrected chi connectivity index (χ3v) is 4.69. The minimum atomic E-state index is 0.464. The number of fused-ring (bicyclic) bond motifs is 1. The lowest BCUT2D eigenvalue weighted by Gasteiger charge is -2.36. The number of hydrogen-bond acceptors (Lipinski definition) is 4. The van der Waals surface area contributed by atoms with Gasteiger partial charge in [-0.1, -0.05) is 19.9 Å². The fourth-order valence-corrected chi connectivity index (χ4v) is 3.43. The first-order valence-corrected chi connectivity index (χ1v) is 8.57. The predicted molar refractivity (Wildman–Crippen MR) is 92.1 cm³/mol. The number of rotatable bonds is 6. The summed E-state index contributed by atoms with van der Waals surface area (Å²) in [7, 11) is 0. The molecule has 1 atom stereocenters. The third kappa shape index (κ3) is 3.79. The van der Waals surface area contributed by atoms with Crippen molar-refractivity contribution in [3.05, 3.63) is 47.8 Å². The molecule has 2 aromatic heterocycles. The van der Waals surface area contributed by atoms with E-state index in [9.17, 15) is 0 Å². The number of nitrogens with zero attached hydrogens (tertiary/aromatic N) is 5. The SMILES string of the molecule is CCN(CC)CC1CN(Cc2cccc(C)n2)Cc2cncn21. The molecule has 3 rings (SSSR count). The molecule has 0 spiro atoms. The van der Waals surface area contributed by atoms with Gasteiger partial charge in [-0.2, -0.15) is 0 Å². The van der Waals surface area contributed by atoms with E-state index in [1.165, 1.54) is 5.69 Å². The number of aromatic nitrogens is 3. The fourth-order valence-electron chi connectivity index (χ4n) is 3.43. The van der Waals surface area contributed by atoms with Gasteiger partial charge in [0, 0.05) is 38.1 Å². The Balaban J connectivity index is 1.74. The van der Waals surface area contributed by atoms with Gasteiger partial charge in [-0.25, -0.2) is 4.98 Å². The molecule has 0 radical (unpaired) electrons. The average molecular weight is 313 g/mol. The van der Waals surface area contributed by atoms with Crippen LogP contribution in [0.1, 0.15) is 37.0 Å². The Morgan fingerprint density at radius 3 is 2.83 bits per heavy atom. The molecule has 0 amide bonds. The zero-order valence-electron chi connectivity index (χ0n) is 14.4. The monoisotopic (exact) mass is 313 g/mol. The second-order valence-electron chi connectivity index (χ2n) is 6.37. The first-order valence-electron chi connectivity index (χ1n) is 8.57. The zero-order chi connectivity index (χ0) is 16.2. The molecular formula is C18H27N5. The van der Waals surface area contributed by atoms with Crippen LogP contribution in [0.5, 0.6) is 0 Å². The summed E-state index contributed by atoms with van der Waals surface area (Å²) in [6, 6.07) is 6.74. The minimum Gasteiger partial charge on any atom is -0.328 e. The van der Waals surface area contributed by atoms with Crippen molar-refractivity contribution in [2.75, 3.05) is 26.2 Å². The molecule has 1 unspecified atom stereocenters. The molecule has 0 fully saturated rings. The van der Waals surface area contributed by atoms with Crippen LogP contribution in [0.15, 0.2) is 30.7 Å². The summed E-state index contributed by atoms with van der Waals surface area (Å²) in [5.74, 6) is 0. The molecule has 5 nitrogen and oxygen atoms in total. The lowest BCUT2D eigenvalue weighted by molar-refractivity contribution is 0.142. The average Bonchev–Trinajstić information content (AvgIpc) is 3.01. The highest BCUT2D eigenvalue weighted by atomic mass is 15.3. The van der Waals surface area contributed by atoms with E-state index in [1.54, 1.807) is 0 Å². The molecule has 0 bridgehead atoms. The molecule has 0 saturated carbocycles. The van der Waals surface area contributed by atoms with Crippen LogP contribution in [-0.2, 0) is 13.1 Å². The number of likely N-dealkylation sites (N-methyl/N-ethyl adjacent to an activating group) is 1. The maximum atomic E-state index is 4.65. The lowest BCUT2D eigenvalue weighted by Crippen LogP contribution is -2.42. The molecule has 0 saturated heterocycles. The summed E-state index contributed by atoms with van der Waals surface area (Å²) in [6.45, 7) is 12.7. The molecule has 1 aliphatic rings. The van der Waals surface area contributed by atoms with Crippen LogP contribution in [0, 0.1) is 6.92 Å². The van der Waals surface area contributed by atoms with Gasteiger partial charge >= 0.3 is 0 Å². The van der Waals surface area contributed by atoms with E-state index in [0.717, 1.165) is 50.7 Å². The van der Waals surface area contributed by atoms with Gasteiger partial charge in [-0.05, 0) is 32.1 Å². The highest BCUT2D eigenvalue weighted by Gasteiger charge is 2.26. The predicted octanol–water partition coefficient (Wildman–Crippen LogP) is 2.49. The Morgan fingerprint density at radius 2 is 2.09 bits per heavy atom. The van der Waals surface area contributed by atoms with E-state index < -0.39 is 0 Å². The van der Waals surface area contributed by atoms with Crippen molar-refractivity contribution in [2.24, 2.45) is 0 Å². The standard InChI is InChI=1S/C18H27N5/c1-4-21(5-2)12-18-13-22(11-17-9-19-14-23(17)18)10-16-8-6-7-15(3)20-16/h6-9,14,18H,4-5,10-13H2,1-3H3. The van der Waals surface area contributed by atoms with Crippen LogP contribution < -0.4 is 0 Å². The second-order valence-corrected chi connectivity index (χ2v) is 6.37. The van der Waals surface area contributed by atoms with Gasteiger partial charge in [0.1, 0.15) is 0 Å². The number of hydrogen-bond donors (Lipinski definition) is 0. The van der Waals surface area contributed by atoms with Crippen LogP contribution >= 0.6 is 0 Å². The molecular weight excluding hydrogens is 286 g/mol. The van der Waals surface area contributed by atoms with Gasteiger partial charge in [-0.15, -0.1) is 0 Å². The van der Waals surface area contributed by atoms with Crippen molar-refractivity contribution in [2.45, 2.75) is 39.9 Å². The smallest absolute Gasteiger partial charge is 0.0952 e. The molecule has 124 valence electrons. The highest BCUT2D eigenvalue weighted by Crippen LogP contribution is 2.23. The summed E-state index contributed by atoms with van der Waals surface area (Å²) >= 11 is 0. The van der Waals surface area contributed by atoms with Crippen molar-refractivity contribution in [1.82, 2.24) is 24.3 Å². The molecule has 0 aromatic carbocycles. The molecule has 0 aliphatic carbocycles. The topological polar surface area (TPSA) is 37.2 Å². The Bertz CT molecular complexity index is 632. The Kier molecular flexibility index (Phi) is 5.08. The van der Waals surface area contributed by atoms with Crippen molar-refractivity contribution in [3.8, 4) is 0 Å². The van der Waals surface area contributed by atoms with Gasteiger partial charge in [0.25, 0.3) is 0 Å². The van der Waals surface area contributed by atoms with Crippen molar-refractivity contribution < 1.29 is 0 Å². The quantitative estimate of drug-likeness (QED) is 0.821. The van der Waals surface area contributed by atoms with Crippen LogP contribution in [0.4, 0.5) is 0 Å². The molecule has 5 heteroatoms. The van der Waals surface area contributed by atoms with E-state index in [4.69, 9.17) is 0 Å². The normalized spacial score (nSPS) is 18.3. The van der Waals surface area contributed by atoms with Gasteiger partial charge < -0.3 is 9.47 Å². The summed E-state index contributed by atoms with van der Waals surface area (Å²) in [5.41, 5.74) is 3.55. The molecule has 23 heavy (non-hydrogen) atoms. The summed E-state index contributed by atoms with van der Waals surface area (Å²) < 4.78 is 2.36. The van der Waals surface area contributed by atoms with Crippen LogP contribution in [0.3, 0.4) is 0 Å². The summed E-state index contributed by atoms with van der Waals surface area (Å²) in [4.78, 5) is 14.0. The van der Waals surface area contributed by atoms with E-state index in [0.29, 0.717) is 6.04 Å². The Hall–Kier alpha value is -1.72. The van der Waals surface area contributed by atoms with Gasteiger partial charge in [0.15, 0.2) is 0 Å². The van der Waals surface area contributed by atoms with Gasteiger partial charge in [0.2, 0.25) is 0 Å². The number of imidazole rings is 1. The number of aryl methyl sites for hydroxylation is 1. The molecule has 3 heterocycles. The van der Waals surface area contributed by atoms with E-state index >= 15 is 0 Å². The van der Waals surface area contributed by atoms with Crippen molar-refractivity contribution in [3.63, 3.8) is 0 Å². The Morgan fingerprint density at radius 1 is 1.26 bits per heavy atom. The zero-order valence-corrected chi connectivity index (χ0v) is 14.4. The maximum absolute atomic E-state index is 4.65. The van der Waals surface area contributed by atoms with Crippen molar-refractivity contribution in [1.29, 1.82) is 0 Å². The lowest BCUT2D eigenvalue weighted by atomic mass is 10.1. The Labute approximate surface area is 139 Å². The fraction of sp³-hybridized carbons (Fsp3) is 0.556. The summed E-state index contributed by atoms with van der Waals surface area (Å²) in [5, 5.41) is 0. The first-order chi connectivity index (χ1) is 11.2. The maximum Gasteiger partial charge on any atom is 0.0952 e.